The van der Waals surface area contributed by atoms with Gasteiger partial charge in [-0.15, -0.1) is 0 Å². The predicted octanol–water partition coefficient (Wildman–Crippen LogP) is 2.24. The summed E-state index contributed by atoms with van der Waals surface area (Å²) >= 11 is 0. The molecule has 1 aromatic carbocycles. The highest BCUT2D eigenvalue weighted by molar-refractivity contribution is 7.89. The van der Waals surface area contributed by atoms with Crippen molar-refractivity contribution in [2.75, 3.05) is 25.5 Å². The highest BCUT2D eigenvalue weighted by Crippen LogP contribution is 2.58. The largest absolute Gasteiger partial charge is 0.399 e. The van der Waals surface area contributed by atoms with E-state index in [1.807, 2.05) is 0 Å². The van der Waals surface area contributed by atoms with E-state index >= 15 is 0 Å². The molecule has 1 spiro atoms. The van der Waals surface area contributed by atoms with Crippen molar-refractivity contribution in [1.82, 2.24) is 4.31 Å². The minimum atomic E-state index is -3.43. The Labute approximate surface area is 137 Å². The smallest absolute Gasteiger partial charge is 0.243 e. The molecule has 2 heterocycles. The van der Waals surface area contributed by atoms with E-state index < -0.39 is 10.0 Å². The van der Waals surface area contributed by atoms with Gasteiger partial charge in [0.25, 0.3) is 0 Å². The Hall–Kier alpha value is -1.11. The first-order chi connectivity index (χ1) is 11.0. The first-order valence-electron chi connectivity index (χ1n) is 8.48. The molecule has 0 bridgehead atoms. The highest BCUT2D eigenvalue weighted by atomic mass is 32.2. The van der Waals surface area contributed by atoms with Gasteiger partial charge < -0.3 is 10.5 Å². The number of nitrogens with zero attached hydrogens (tertiary/aromatic N) is 1. The van der Waals surface area contributed by atoms with Crippen molar-refractivity contribution in [1.29, 1.82) is 0 Å². The molecule has 2 N–H and O–H groups in total. The summed E-state index contributed by atoms with van der Waals surface area (Å²) in [6.45, 7) is 2.20. The Bertz CT molecular complexity index is 676. The lowest BCUT2D eigenvalue weighted by Gasteiger charge is -2.64. The zero-order valence-corrected chi connectivity index (χ0v) is 14.1. The first-order valence-corrected chi connectivity index (χ1v) is 9.92. The van der Waals surface area contributed by atoms with Crippen molar-refractivity contribution in [2.45, 2.75) is 43.0 Å². The van der Waals surface area contributed by atoms with Crippen LogP contribution in [0.3, 0.4) is 0 Å². The van der Waals surface area contributed by atoms with E-state index in [2.05, 4.69) is 0 Å². The number of benzene rings is 1. The van der Waals surface area contributed by atoms with Crippen LogP contribution in [0.5, 0.6) is 0 Å². The van der Waals surface area contributed by atoms with Crippen molar-refractivity contribution in [3.8, 4) is 0 Å². The second-order valence-electron chi connectivity index (χ2n) is 7.23. The van der Waals surface area contributed by atoms with Gasteiger partial charge in [0.1, 0.15) is 0 Å². The zero-order valence-electron chi connectivity index (χ0n) is 13.3. The molecule has 1 aliphatic carbocycles. The minimum Gasteiger partial charge on any atom is -0.399 e. The standard InChI is InChI=1S/C17H24N2O3S/c18-14-2-4-15(5-3-14)23(20,21)19-12-17(8-1-9-17)16(19)13-6-10-22-11-7-13/h2-5,13,16H,1,6-12,18H2. The number of nitrogen functional groups attached to an aromatic ring is 1. The van der Waals surface area contributed by atoms with Gasteiger partial charge in [0.2, 0.25) is 10.0 Å². The second kappa shape index (κ2) is 5.46. The normalized spacial score (nSPS) is 28.3. The highest BCUT2D eigenvalue weighted by Gasteiger charge is 2.61. The molecule has 1 atom stereocenters. The molecule has 1 unspecified atom stereocenters. The lowest BCUT2D eigenvalue weighted by atomic mass is 9.55. The van der Waals surface area contributed by atoms with Crippen LogP contribution < -0.4 is 5.73 Å². The molecular formula is C17H24N2O3S. The van der Waals surface area contributed by atoms with Crippen LogP contribution >= 0.6 is 0 Å². The maximum atomic E-state index is 13.1. The monoisotopic (exact) mass is 336 g/mol. The van der Waals surface area contributed by atoms with Gasteiger partial charge in [-0.25, -0.2) is 8.42 Å². The van der Waals surface area contributed by atoms with Crippen LogP contribution in [0.15, 0.2) is 29.2 Å². The van der Waals surface area contributed by atoms with Crippen LogP contribution in [0.25, 0.3) is 0 Å². The summed E-state index contributed by atoms with van der Waals surface area (Å²) in [6, 6.07) is 6.72. The molecule has 23 heavy (non-hydrogen) atoms. The van der Waals surface area contributed by atoms with Gasteiger partial charge >= 0.3 is 0 Å². The van der Waals surface area contributed by atoms with Crippen molar-refractivity contribution < 1.29 is 13.2 Å². The number of anilines is 1. The summed E-state index contributed by atoms with van der Waals surface area (Å²) in [6.07, 6.45) is 5.52. The van der Waals surface area contributed by atoms with Crippen LogP contribution in [0, 0.1) is 11.3 Å². The maximum Gasteiger partial charge on any atom is 0.243 e. The maximum absolute atomic E-state index is 13.1. The number of nitrogens with two attached hydrogens (primary N) is 1. The van der Waals surface area contributed by atoms with E-state index in [0.29, 0.717) is 23.0 Å². The van der Waals surface area contributed by atoms with Crippen LogP contribution in [-0.4, -0.2) is 38.5 Å². The second-order valence-corrected chi connectivity index (χ2v) is 9.12. The van der Waals surface area contributed by atoms with Gasteiger partial charge in [-0.1, -0.05) is 6.42 Å². The fraction of sp³-hybridized carbons (Fsp3) is 0.647. The van der Waals surface area contributed by atoms with Gasteiger partial charge in [-0.05, 0) is 55.9 Å². The molecule has 0 radical (unpaired) electrons. The Balaban J connectivity index is 1.63. The molecule has 5 nitrogen and oxygen atoms in total. The quantitative estimate of drug-likeness (QED) is 0.859. The molecule has 1 saturated carbocycles. The van der Waals surface area contributed by atoms with Crippen molar-refractivity contribution in [3.63, 3.8) is 0 Å². The number of ether oxygens (including phenoxy) is 1. The Morgan fingerprint density at radius 3 is 2.35 bits per heavy atom. The molecule has 4 rings (SSSR count). The Morgan fingerprint density at radius 1 is 1.13 bits per heavy atom. The van der Waals surface area contributed by atoms with Crippen molar-refractivity contribution in [2.24, 2.45) is 11.3 Å². The minimum absolute atomic E-state index is 0.155. The van der Waals surface area contributed by atoms with Gasteiger partial charge in [-0.2, -0.15) is 4.31 Å². The molecule has 2 saturated heterocycles. The first kappa shape index (κ1) is 15.4. The van der Waals surface area contributed by atoms with Crippen molar-refractivity contribution >= 4 is 15.7 Å². The average molecular weight is 336 g/mol. The molecule has 3 fully saturated rings. The molecule has 126 valence electrons. The molecular weight excluding hydrogens is 312 g/mol. The van der Waals surface area contributed by atoms with Crippen LogP contribution in [0.2, 0.25) is 0 Å². The third kappa shape index (κ3) is 2.39. The fourth-order valence-electron chi connectivity index (χ4n) is 4.56. The van der Waals surface area contributed by atoms with Crippen LogP contribution in [0.1, 0.15) is 32.1 Å². The molecule has 3 aliphatic rings. The third-order valence-corrected chi connectivity index (χ3v) is 7.80. The predicted molar refractivity (Wildman–Crippen MR) is 88.4 cm³/mol. The van der Waals surface area contributed by atoms with Gasteiger partial charge in [0, 0.05) is 36.9 Å². The number of hydrogen-bond acceptors (Lipinski definition) is 4. The lowest BCUT2D eigenvalue weighted by molar-refractivity contribution is -0.120. The molecule has 2 aliphatic heterocycles. The summed E-state index contributed by atoms with van der Waals surface area (Å²) in [5, 5.41) is 0. The summed E-state index contributed by atoms with van der Waals surface area (Å²) in [4.78, 5) is 0.359. The topological polar surface area (TPSA) is 72.6 Å². The summed E-state index contributed by atoms with van der Waals surface area (Å²) < 4.78 is 33.4. The molecule has 1 aromatic rings. The SMILES string of the molecule is Nc1ccc(S(=O)(=O)N2CC3(CCC3)C2C2CCOCC2)cc1. The number of sulfonamides is 1. The Kier molecular flexibility index (Phi) is 3.66. The van der Waals surface area contributed by atoms with E-state index in [1.165, 1.54) is 19.3 Å². The lowest BCUT2D eigenvalue weighted by Crippen LogP contribution is -2.71. The zero-order chi connectivity index (χ0) is 16.1. The fourth-order valence-corrected chi connectivity index (χ4v) is 6.43. The summed E-state index contributed by atoms with van der Waals surface area (Å²) in [7, 11) is -3.43. The van der Waals surface area contributed by atoms with E-state index in [4.69, 9.17) is 10.5 Å². The van der Waals surface area contributed by atoms with Crippen LogP contribution in [0.4, 0.5) is 5.69 Å². The van der Waals surface area contributed by atoms with E-state index in [0.717, 1.165) is 26.1 Å². The van der Waals surface area contributed by atoms with Crippen LogP contribution in [-0.2, 0) is 14.8 Å². The van der Waals surface area contributed by atoms with E-state index in [9.17, 15) is 8.42 Å². The molecule has 0 aromatic heterocycles. The van der Waals surface area contributed by atoms with Gasteiger partial charge in [0.05, 0.1) is 4.90 Å². The summed E-state index contributed by atoms with van der Waals surface area (Å²) in [5.74, 6) is 0.432. The number of hydrogen-bond donors (Lipinski definition) is 1. The van der Waals surface area contributed by atoms with Gasteiger partial charge in [-0.3, -0.25) is 0 Å². The third-order valence-electron chi connectivity index (χ3n) is 5.96. The molecule has 6 heteroatoms. The molecule has 0 amide bonds. The number of rotatable bonds is 3. The Morgan fingerprint density at radius 2 is 1.78 bits per heavy atom. The summed E-state index contributed by atoms with van der Waals surface area (Å²) in [5.41, 5.74) is 6.51. The van der Waals surface area contributed by atoms with Gasteiger partial charge in [0.15, 0.2) is 0 Å². The van der Waals surface area contributed by atoms with E-state index in [-0.39, 0.29) is 11.5 Å². The average Bonchev–Trinajstić information content (AvgIpc) is 2.46. The van der Waals surface area contributed by atoms with E-state index in [1.54, 1.807) is 28.6 Å². The van der Waals surface area contributed by atoms with Crippen molar-refractivity contribution in [3.05, 3.63) is 24.3 Å².